The van der Waals surface area contributed by atoms with Crippen LogP contribution in [0, 0.1) is 5.82 Å². The lowest BCUT2D eigenvalue weighted by atomic mass is 9.89. The minimum absolute atomic E-state index is 0.231. The van der Waals surface area contributed by atoms with E-state index in [0.717, 1.165) is 16.9 Å². The average molecular weight is 394 g/mol. The topological polar surface area (TPSA) is 99.8 Å². The summed E-state index contributed by atoms with van der Waals surface area (Å²) < 4.78 is 15.5. The summed E-state index contributed by atoms with van der Waals surface area (Å²) in [5, 5.41) is 4.06. The molecule has 0 aliphatic heterocycles. The Labute approximate surface area is 158 Å². The average Bonchev–Trinajstić information content (AvgIpc) is 3.15. The number of nitrogens with zero attached hydrogens (tertiary/aromatic N) is 3. The number of primary amides is 1. The van der Waals surface area contributed by atoms with Crippen LogP contribution in [-0.2, 0) is 13.5 Å². The first-order valence-corrected chi connectivity index (χ1v) is 9.02. The summed E-state index contributed by atoms with van der Waals surface area (Å²) in [5.41, 5.74) is 13.6. The first-order chi connectivity index (χ1) is 12.4. The van der Waals surface area contributed by atoms with Gasteiger partial charge in [-0.3, -0.25) is 4.79 Å². The maximum Gasteiger partial charge on any atom is 0.259 e. The molecule has 2 heterocycles. The van der Waals surface area contributed by atoms with Crippen LogP contribution in [0.3, 0.4) is 0 Å². The number of carbonyl (C=O) groups is 1. The van der Waals surface area contributed by atoms with E-state index in [1.165, 1.54) is 18.5 Å². The molecule has 0 fully saturated rings. The molecule has 0 bridgehead atoms. The first-order valence-electron chi connectivity index (χ1n) is 7.83. The Bertz CT molecular complexity index is 955. The van der Waals surface area contributed by atoms with E-state index in [1.807, 2.05) is 6.07 Å². The van der Waals surface area contributed by atoms with Gasteiger partial charge in [-0.25, -0.2) is 14.1 Å². The van der Waals surface area contributed by atoms with Crippen molar-refractivity contribution in [2.24, 2.45) is 18.5 Å². The number of benzene rings is 1. The maximum atomic E-state index is 13.5. The van der Waals surface area contributed by atoms with Crippen molar-refractivity contribution < 1.29 is 9.18 Å². The van der Waals surface area contributed by atoms with Gasteiger partial charge in [-0.2, -0.15) is 5.10 Å². The Hall–Kier alpha value is -2.29. The lowest BCUT2D eigenvalue weighted by molar-refractivity contribution is 0.100. The smallest absolute Gasteiger partial charge is 0.259 e. The molecule has 0 saturated carbocycles. The number of thiophene rings is 1. The normalized spacial score (nSPS) is 12.3. The summed E-state index contributed by atoms with van der Waals surface area (Å²) in [7, 11) is 1.73. The van der Waals surface area contributed by atoms with Gasteiger partial charge in [-0.05, 0) is 36.2 Å². The molecule has 0 aliphatic carbocycles. The first kappa shape index (κ1) is 18.5. The van der Waals surface area contributed by atoms with E-state index in [2.05, 4.69) is 10.1 Å². The van der Waals surface area contributed by atoms with Crippen molar-refractivity contribution in [1.82, 2.24) is 14.8 Å². The molecule has 6 nitrogen and oxygen atoms in total. The standard InChI is InChI=1S/C17H17ClFN5OS/c1-24-17(22-8-23-24)13-12(14(16(21)25)26-15(13)18)10(7-20)5-9-3-2-4-11(19)6-9/h2-4,6,8,10H,5,7,20H2,1H3,(H2,21,25)/t10-/m1/s1. The molecule has 26 heavy (non-hydrogen) atoms. The van der Waals surface area contributed by atoms with Crippen LogP contribution in [0.1, 0.15) is 26.7 Å². The van der Waals surface area contributed by atoms with Crippen LogP contribution < -0.4 is 11.5 Å². The zero-order valence-corrected chi connectivity index (χ0v) is 15.5. The third kappa shape index (κ3) is 3.48. The minimum atomic E-state index is -0.585. The van der Waals surface area contributed by atoms with Crippen molar-refractivity contribution >= 4 is 28.8 Å². The molecule has 1 atom stereocenters. The second-order valence-corrected chi connectivity index (χ2v) is 7.45. The molecule has 3 aromatic rings. The van der Waals surface area contributed by atoms with Crippen molar-refractivity contribution in [3.8, 4) is 11.4 Å². The minimum Gasteiger partial charge on any atom is -0.365 e. The largest absolute Gasteiger partial charge is 0.365 e. The zero-order valence-electron chi connectivity index (χ0n) is 13.9. The summed E-state index contributed by atoms with van der Waals surface area (Å²) in [5.74, 6) is -0.676. The van der Waals surface area contributed by atoms with E-state index in [-0.39, 0.29) is 18.3 Å². The molecule has 136 valence electrons. The Kier molecular flexibility index (Phi) is 5.36. The van der Waals surface area contributed by atoms with Gasteiger partial charge in [0.05, 0.1) is 10.4 Å². The van der Waals surface area contributed by atoms with Crippen molar-refractivity contribution in [3.05, 3.63) is 56.8 Å². The molecule has 0 aliphatic rings. The summed E-state index contributed by atoms with van der Waals surface area (Å²) in [6.45, 7) is 0.231. The molecule has 1 aromatic carbocycles. The SMILES string of the molecule is Cn1ncnc1-c1c(Cl)sc(C(N)=O)c1[C@@H](CN)Cc1cccc(F)c1. The van der Waals surface area contributed by atoms with Crippen molar-refractivity contribution in [2.75, 3.05) is 6.54 Å². The van der Waals surface area contributed by atoms with Crippen molar-refractivity contribution in [3.63, 3.8) is 0 Å². The number of aromatic nitrogens is 3. The number of nitrogens with two attached hydrogens (primary N) is 2. The Balaban J connectivity index is 2.14. The summed E-state index contributed by atoms with van der Waals surface area (Å²) >= 11 is 7.51. The van der Waals surface area contributed by atoms with Crippen LogP contribution in [0.5, 0.6) is 0 Å². The van der Waals surface area contributed by atoms with Crippen LogP contribution in [0.15, 0.2) is 30.6 Å². The quantitative estimate of drug-likeness (QED) is 0.672. The van der Waals surface area contributed by atoms with Crippen LogP contribution in [0.4, 0.5) is 4.39 Å². The van der Waals surface area contributed by atoms with Crippen molar-refractivity contribution in [2.45, 2.75) is 12.3 Å². The van der Waals surface area contributed by atoms with E-state index in [4.69, 9.17) is 23.1 Å². The Morgan fingerprint density at radius 1 is 1.46 bits per heavy atom. The van der Waals surface area contributed by atoms with Gasteiger partial charge >= 0.3 is 0 Å². The van der Waals surface area contributed by atoms with Gasteiger partial charge in [0.2, 0.25) is 0 Å². The van der Waals surface area contributed by atoms with Gasteiger partial charge in [0.15, 0.2) is 5.82 Å². The molecule has 0 saturated heterocycles. The highest BCUT2D eigenvalue weighted by atomic mass is 35.5. The molecule has 0 spiro atoms. The molecule has 4 N–H and O–H groups in total. The zero-order chi connectivity index (χ0) is 18.8. The molecular formula is C17H17ClFN5OS. The van der Waals surface area contributed by atoms with Crippen LogP contribution >= 0.6 is 22.9 Å². The highest BCUT2D eigenvalue weighted by molar-refractivity contribution is 7.18. The monoisotopic (exact) mass is 393 g/mol. The fraction of sp³-hybridized carbons (Fsp3) is 0.235. The van der Waals surface area contributed by atoms with Crippen LogP contribution in [0.2, 0.25) is 4.34 Å². The highest BCUT2D eigenvalue weighted by Crippen LogP contribution is 2.43. The van der Waals surface area contributed by atoms with E-state index < -0.39 is 5.91 Å². The molecule has 2 aromatic heterocycles. The van der Waals surface area contributed by atoms with E-state index in [1.54, 1.807) is 17.8 Å². The lowest BCUT2D eigenvalue weighted by Gasteiger charge is -2.18. The molecule has 1 amide bonds. The second-order valence-electron chi connectivity index (χ2n) is 5.83. The highest BCUT2D eigenvalue weighted by Gasteiger charge is 2.29. The maximum absolute atomic E-state index is 13.5. The summed E-state index contributed by atoms with van der Waals surface area (Å²) in [6, 6.07) is 6.27. The molecule has 3 rings (SSSR count). The van der Waals surface area contributed by atoms with Gasteiger partial charge in [0.1, 0.15) is 16.5 Å². The number of hydrogen-bond donors (Lipinski definition) is 2. The fourth-order valence-corrected chi connectivity index (χ4v) is 4.35. The molecule has 9 heteroatoms. The lowest BCUT2D eigenvalue weighted by Crippen LogP contribution is -2.20. The molecule has 0 unspecified atom stereocenters. The Morgan fingerprint density at radius 3 is 2.81 bits per heavy atom. The second kappa shape index (κ2) is 7.53. The number of amides is 1. The summed E-state index contributed by atoms with van der Waals surface area (Å²) in [6.07, 6.45) is 1.84. The fourth-order valence-electron chi connectivity index (χ4n) is 2.97. The van der Waals surface area contributed by atoms with Crippen LogP contribution in [-0.4, -0.2) is 27.2 Å². The van der Waals surface area contributed by atoms with E-state index in [9.17, 15) is 9.18 Å². The number of halogens is 2. The third-order valence-electron chi connectivity index (χ3n) is 4.12. The number of hydrogen-bond acceptors (Lipinski definition) is 5. The number of aryl methyl sites for hydroxylation is 1. The predicted molar refractivity (Wildman–Crippen MR) is 99.7 cm³/mol. The van der Waals surface area contributed by atoms with E-state index >= 15 is 0 Å². The molecular weight excluding hydrogens is 377 g/mol. The number of rotatable bonds is 6. The predicted octanol–water partition coefficient (Wildman–Crippen LogP) is 2.72. The van der Waals surface area contributed by atoms with E-state index in [0.29, 0.717) is 32.6 Å². The van der Waals surface area contributed by atoms with Gasteiger partial charge in [0.25, 0.3) is 5.91 Å². The van der Waals surface area contributed by atoms with Gasteiger partial charge < -0.3 is 11.5 Å². The Morgan fingerprint density at radius 2 is 2.23 bits per heavy atom. The third-order valence-corrected chi connectivity index (χ3v) is 5.55. The van der Waals surface area contributed by atoms with Crippen LogP contribution in [0.25, 0.3) is 11.4 Å². The van der Waals surface area contributed by atoms with Crippen molar-refractivity contribution in [1.29, 1.82) is 0 Å². The van der Waals surface area contributed by atoms with Gasteiger partial charge in [0, 0.05) is 13.0 Å². The van der Waals surface area contributed by atoms with Gasteiger partial charge in [-0.15, -0.1) is 11.3 Å². The summed E-state index contributed by atoms with van der Waals surface area (Å²) in [4.78, 5) is 16.6. The van der Waals surface area contributed by atoms with Gasteiger partial charge in [-0.1, -0.05) is 23.7 Å². The number of carbonyl (C=O) groups excluding carboxylic acids is 1. The molecule has 0 radical (unpaired) electrons.